The first-order chi connectivity index (χ1) is 12.6. The quantitative estimate of drug-likeness (QED) is 0.741. The molecule has 1 amide bonds. The fraction of sp³-hybridized carbons (Fsp3) is 0.200. The van der Waals surface area contributed by atoms with Gasteiger partial charge in [-0.3, -0.25) is 9.48 Å². The van der Waals surface area contributed by atoms with Gasteiger partial charge in [0, 0.05) is 19.2 Å². The number of methoxy groups -OCH3 is 2. The van der Waals surface area contributed by atoms with Gasteiger partial charge in [-0.25, -0.2) is 0 Å². The number of rotatable bonds is 6. The van der Waals surface area contributed by atoms with E-state index in [0.29, 0.717) is 12.2 Å². The van der Waals surface area contributed by atoms with Crippen LogP contribution in [0.5, 0.6) is 11.5 Å². The minimum absolute atomic E-state index is 0.217. The predicted octanol–water partition coefficient (Wildman–Crippen LogP) is 3.03. The van der Waals surface area contributed by atoms with E-state index in [1.54, 1.807) is 25.0 Å². The molecule has 0 saturated carbocycles. The van der Waals surface area contributed by atoms with Crippen LogP contribution in [-0.4, -0.2) is 29.9 Å². The number of amides is 1. The van der Waals surface area contributed by atoms with E-state index in [9.17, 15) is 4.79 Å². The molecular formula is C20H21N3O3. The van der Waals surface area contributed by atoms with Gasteiger partial charge in [0.15, 0.2) is 5.69 Å². The Kier molecular flexibility index (Phi) is 5.22. The summed E-state index contributed by atoms with van der Waals surface area (Å²) in [5.41, 5.74) is 3.15. The molecule has 26 heavy (non-hydrogen) atoms. The van der Waals surface area contributed by atoms with E-state index < -0.39 is 0 Å². The van der Waals surface area contributed by atoms with Crippen molar-refractivity contribution in [3.63, 3.8) is 0 Å². The molecular weight excluding hydrogens is 330 g/mol. The molecule has 0 spiro atoms. The second-order valence-electron chi connectivity index (χ2n) is 5.80. The molecule has 6 heteroatoms. The Morgan fingerprint density at radius 1 is 1.04 bits per heavy atom. The molecule has 0 radical (unpaired) electrons. The van der Waals surface area contributed by atoms with Crippen molar-refractivity contribution in [2.45, 2.75) is 6.54 Å². The van der Waals surface area contributed by atoms with Gasteiger partial charge in [-0.05, 0) is 35.9 Å². The van der Waals surface area contributed by atoms with Crippen LogP contribution in [-0.2, 0) is 13.6 Å². The number of ether oxygens (including phenoxy) is 2. The molecule has 0 aliphatic heterocycles. The number of nitrogens with zero attached hydrogens (tertiary/aromatic N) is 2. The Morgan fingerprint density at radius 2 is 1.77 bits per heavy atom. The Balaban J connectivity index is 1.71. The average Bonchev–Trinajstić information content (AvgIpc) is 3.08. The molecule has 3 aromatic rings. The van der Waals surface area contributed by atoms with Gasteiger partial charge >= 0.3 is 0 Å². The average molecular weight is 351 g/mol. The molecule has 0 fully saturated rings. The smallest absolute Gasteiger partial charge is 0.272 e. The lowest BCUT2D eigenvalue weighted by Crippen LogP contribution is -2.23. The van der Waals surface area contributed by atoms with Crippen LogP contribution < -0.4 is 14.8 Å². The lowest BCUT2D eigenvalue weighted by Gasteiger charge is -2.04. The minimum atomic E-state index is -0.217. The highest BCUT2D eigenvalue weighted by Crippen LogP contribution is 2.24. The lowest BCUT2D eigenvalue weighted by atomic mass is 10.1. The van der Waals surface area contributed by atoms with Crippen LogP contribution in [0.2, 0.25) is 0 Å². The van der Waals surface area contributed by atoms with Crippen molar-refractivity contribution in [2.75, 3.05) is 14.2 Å². The van der Waals surface area contributed by atoms with Crippen molar-refractivity contribution in [1.82, 2.24) is 15.1 Å². The fourth-order valence-electron chi connectivity index (χ4n) is 2.65. The highest BCUT2D eigenvalue weighted by Gasteiger charge is 2.14. The van der Waals surface area contributed by atoms with E-state index in [4.69, 9.17) is 9.47 Å². The maximum Gasteiger partial charge on any atom is 0.272 e. The number of benzene rings is 2. The molecule has 0 atom stereocenters. The monoisotopic (exact) mass is 351 g/mol. The summed E-state index contributed by atoms with van der Waals surface area (Å²) in [5.74, 6) is 1.33. The van der Waals surface area contributed by atoms with E-state index in [0.717, 1.165) is 28.3 Å². The van der Waals surface area contributed by atoms with Crippen LogP contribution >= 0.6 is 0 Å². The normalized spacial score (nSPS) is 10.4. The number of nitrogens with one attached hydrogen (secondary N) is 1. The topological polar surface area (TPSA) is 65.4 Å². The van der Waals surface area contributed by atoms with Crippen molar-refractivity contribution in [3.8, 4) is 22.8 Å². The highest BCUT2D eigenvalue weighted by atomic mass is 16.5. The van der Waals surface area contributed by atoms with Crippen molar-refractivity contribution in [1.29, 1.82) is 0 Å². The van der Waals surface area contributed by atoms with Crippen molar-refractivity contribution < 1.29 is 14.3 Å². The highest BCUT2D eigenvalue weighted by molar-refractivity contribution is 5.93. The van der Waals surface area contributed by atoms with Crippen LogP contribution in [0, 0.1) is 0 Å². The lowest BCUT2D eigenvalue weighted by molar-refractivity contribution is 0.0945. The summed E-state index contributed by atoms with van der Waals surface area (Å²) in [7, 11) is 5.06. The Hall–Kier alpha value is -3.28. The first kappa shape index (κ1) is 17.5. The fourth-order valence-corrected chi connectivity index (χ4v) is 2.65. The summed E-state index contributed by atoms with van der Waals surface area (Å²) in [5, 5.41) is 7.21. The van der Waals surface area contributed by atoms with E-state index in [-0.39, 0.29) is 5.91 Å². The van der Waals surface area contributed by atoms with Gasteiger partial charge in [0.25, 0.3) is 5.91 Å². The largest absolute Gasteiger partial charge is 0.497 e. The third kappa shape index (κ3) is 3.85. The standard InChI is InChI=1S/C20H21N3O3/c1-23-19(15-5-4-6-17(11-15)26-3)12-18(22-23)20(24)21-13-14-7-9-16(25-2)10-8-14/h4-12H,13H2,1-3H3,(H,21,24). The number of carbonyl (C=O) groups excluding carboxylic acids is 1. The van der Waals surface area contributed by atoms with E-state index >= 15 is 0 Å². The van der Waals surface area contributed by atoms with E-state index in [1.807, 2.05) is 55.6 Å². The summed E-state index contributed by atoms with van der Waals surface area (Å²) in [4.78, 5) is 12.4. The zero-order valence-corrected chi connectivity index (χ0v) is 15.0. The molecule has 0 bridgehead atoms. The Labute approximate surface area is 152 Å². The van der Waals surface area contributed by atoms with Gasteiger partial charge in [0.05, 0.1) is 19.9 Å². The molecule has 1 aromatic heterocycles. The maximum absolute atomic E-state index is 12.4. The van der Waals surface area contributed by atoms with Gasteiger partial charge < -0.3 is 14.8 Å². The van der Waals surface area contributed by atoms with Crippen LogP contribution in [0.1, 0.15) is 16.1 Å². The molecule has 0 unspecified atom stereocenters. The molecule has 2 aromatic carbocycles. The van der Waals surface area contributed by atoms with Crippen molar-refractivity contribution in [3.05, 3.63) is 65.9 Å². The molecule has 0 aliphatic carbocycles. The molecule has 3 rings (SSSR count). The van der Waals surface area contributed by atoms with E-state index in [1.165, 1.54) is 0 Å². The summed E-state index contributed by atoms with van der Waals surface area (Å²) in [6, 6.07) is 17.0. The zero-order valence-electron chi connectivity index (χ0n) is 15.0. The molecule has 6 nitrogen and oxygen atoms in total. The number of aromatic nitrogens is 2. The van der Waals surface area contributed by atoms with E-state index in [2.05, 4.69) is 10.4 Å². The minimum Gasteiger partial charge on any atom is -0.497 e. The summed E-state index contributed by atoms with van der Waals surface area (Å²) < 4.78 is 12.1. The van der Waals surface area contributed by atoms with Gasteiger partial charge in [-0.15, -0.1) is 0 Å². The molecule has 1 N–H and O–H groups in total. The number of hydrogen-bond acceptors (Lipinski definition) is 4. The number of hydrogen-bond donors (Lipinski definition) is 1. The van der Waals surface area contributed by atoms with Crippen molar-refractivity contribution in [2.24, 2.45) is 7.05 Å². The number of carbonyl (C=O) groups is 1. The first-order valence-electron chi connectivity index (χ1n) is 8.20. The first-order valence-corrected chi connectivity index (χ1v) is 8.20. The molecule has 0 aliphatic rings. The third-order valence-corrected chi connectivity index (χ3v) is 4.09. The molecule has 1 heterocycles. The van der Waals surface area contributed by atoms with Gasteiger partial charge in [0.1, 0.15) is 11.5 Å². The molecule has 134 valence electrons. The SMILES string of the molecule is COc1ccc(CNC(=O)c2cc(-c3cccc(OC)c3)n(C)n2)cc1. The summed E-state index contributed by atoms with van der Waals surface area (Å²) in [6.45, 7) is 0.424. The Bertz CT molecular complexity index is 901. The molecule has 0 saturated heterocycles. The van der Waals surface area contributed by atoms with Gasteiger partial charge in [0.2, 0.25) is 0 Å². The van der Waals surface area contributed by atoms with Crippen LogP contribution in [0.25, 0.3) is 11.3 Å². The van der Waals surface area contributed by atoms with Crippen LogP contribution in [0.15, 0.2) is 54.6 Å². The second-order valence-corrected chi connectivity index (χ2v) is 5.80. The summed E-state index contributed by atoms with van der Waals surface area (Å²) >= 11 is 0. The van der Waals surface area contributed by atoms with Crippen LogP contribution in [0.4, 0.5) is 0 Å². The van der Waals surface area contributed by atoms with Gasteiger partial charge in [-0.2, -0.15) is 5.10 Å². The number of aryl methyl sites for hydroxylation is 1. The van der Waals surface area contributed by atoms with Crippen molar-refractivity contribution >= 4 is 5.91 Å². The third-order valence-electron chi connectivity index (χ3n) is 4.09. The predicted molar refractivity (Wildman–Crippen MR) is 99.4 cm³/mol. The maximum atomic E-state index is 12.4. The second kappa shape index (κ2) is 7.74. The zero-order chi connectivity index (χ0) is 18.5. The Morgan fingerprint density at radius 3 is 2.46 bits per heavy atom. The van der Waals surface area contributed by atoms with Crippen LogP contribution in [0.3, 0.4) is 0 Å². The van der Waals surface area contributed by atoms with Gasteiger partial charge in [-0.1, -0.05) is 24.3 Å². The summed E-state index contributed by atoms with van der Waals surface area (Å²) in [6.07, 6.45) is 0.